The molecule has 2 aliphatic rings. The smallest absolute Gasteiger partial charge is 0.173 e. The summed E-state index contributed by atoms with van der Waals surface area (Å²) >= 11 is 0. The Bertz CT molecular complexity index is 751. The highest BCUT2D eigenvalue weighted by molar-refractivity contribution is 6.20. The third-order valence-corrected chi connectivity index (χ3v) is 5.33. The van der Waals surface area contributed by atoms with Crippen molar-refractivity contribution in [1.29, 1.82) is 0 Å². The van der Waals surface area contributed by atoms with Crippen molar-refractivity contribution >= 4 is 17.3 Å². The van der Waals surface area contributed by atoms with Gasteiger partial charge in [-0.15, -0.1) is 0 Å². The Kier molecular flexibility index (Phi) is 4.41. The van der Waals surface area contributed by atoms with Crippen LogP contribution >= 0.6 is 0 Å². The van der Waals surface area contributed by atoms with Crippen molar-refractivity contribution in [2.75, 3.05) is 0 Å². The molecule has 1 saturated carbocycles. The molecule has 0 heterocycles. The fourth-order valence-electron chi connectivity index (χ4n) is 3.67. The molecule has 1 aromatic carbocycles. The van der Waals surface area contributed by atoms with Gasteiger partial charge < -0.3 is 14.9 Å². The van der Waals surface area contributed by atoms with Gasteiger partial charge in [-0.3, -0.25) is 14.4 Å². The van der Waals surface area contributed by atoms with Gasteiger partial charge in [0.2, 0.25) is 0 Å². The van der Waals surface area contributed by atoms with Crippen molar-refractivity contribution in [3.8, 4) is 11.5 Å². The lowest BCUT2D eigenvalue weighted by molar-refractivity contribution is -0.132. The van der Waals surface area contributed by atoms with Gasteiger partial charge in [-0.25, -0.2) is 0 Å². The molecule has 134 valence electrons. The Balaban J connectivity index is 2.07. The predicted molar refractivity (Wildman–Crippen MR) is 88.8 cm³/mol. The lowest BCUT2D eigenvalue weighted by Gasteiger charge is -2.40. The maximum absolute atomic E-state index is 13.0. The molecule has 1 aromatic rings. The summed E-state index contributed by atoms with van der Waals surface area (Å²) in [5.41, 5.74) is -0.344. The molecule has 6 nitrogen and oxygen atoms in total. The molecule has 0 aliphatic heterocycles. The number of hydrogen-bond acceptors (Lipinski definition) is 6. The molecule has 2 N–H and O–H groups in total. The van der Waals surface area contributed by atoms with E-state index in [2.05, 4.69) is 0 Å². The number of fused-ring (bicyclic) bond motifs is 2. The SMILES string of the molecule is CC(C)[C@H](C)O[C@@H]1CC(=O)C[C@H]2C(=O)c3c(O)ccc(O)c3C(=O)[C@H]12. The molecule has 0 radical (unpaired) electrons. The summed E-state index contributed by atoms with van der Waals surface area (Å²) in [7, 11) is 0. The van der Waals surface area contributed by atoms with E-state index in [-0.39, 0.29) is 53.3 Å². The molecule has 2 aliphatic carbocycles. The van der Waals surface area contributed by atoms with E-state index >= 15 is 0 Å². The van der Waals surface area contributed by atoms with Gasteiger partial charge in [-0.05, 0) is 25.0 Å². The van der Waals surface area contributed by atoms with Crippen molar-refractivity contribution in [1.82, 2.24) is 0 Å². The van der Waals surface area contributed by atoms with Crippen molar-refractivity contribution in [3.63, 3.8) is 0 Å². The highest BCUT2D eigenvalue weighted by Crippen LogP contribution is 2.45. The van der Waals surface area contributed by atoms with E-state index in [9.17, 15) is 24.6 Å². The second-order valence-corrected chi connectivity index (χ2v) is 7.29. The zero-order valence-electron chi connectivity index (χ0n) is 14.5. The van der Waals surface area contributed by atoms with Crippen LogP contribution < -0.4 is 0 Å². The minimum Gasteiger partial charge on any atom is -0.507 e. The van der Waals surface area contributed by atoms with Crippen LogP contribution in [0.2, 0.25) is 0 Å². The van der Waals surface area contributed by atoms with E-state index in [1.54, 1.807) is 0 Å². The van der Waals surface area contributed by atoms with Crippen LogP contribution in [0.1, 0.15) is 54.3 Å². The van der Waals surface area contributed by atoms with Gasteiger partial charge in [0.1, 0.15) is 17.3 Å². The van der Waals surface area contributed by atoms with E-state index in [1.807, 2.05) is 20.8 Å². The van der Waals surface area contributed by atoms with E-state index in [0.29, 0.717) is 0 Å². The molecule has 4 atom stereocenters. The van der Waals surface area contributed by atoms with Crippen molar-refractivity contribution < 1.29 is 29.3 Å². The van der Waals surface area contributed by atoms with Gasteiger partial charge in [0.25, 0.3) is 0 Å². The number of phenols is 2. The second-order valence-electron chi connectivity index (χ2n) is 7.29. The topological polar surface area (TPSA) is 101 Å². The first kappa shape index (κ1) is 17.6. The van der Waals surface area contributed by atoms with Gasteiger partial charge in [0, 0.05) is 18.8 Å². The Morgan fingerprint density at radius 1 is 0.960 bits per heavy atom. The summed E-state index contributed by atoms with van der Waals surface area (Å²) in [6.45, 7) is 5.81. The Morgan fingerprint density at radius 2 is 1.52 bits per heavy atom. The standard InChI is InChI=1S/C19H22O6/c1-8(2)9(3)25-14-7-10(20)6-11-15(14)19(24)17-13(22)5-4-12(21)16(17)18(11)23/h4-5,8-9,11,14-15,21-22H,6-7H2,1-3H3/t9-,11+,14+,15-/m0/s1. The third kappa shape index (κ3) is 2.84. The van der Waals surface area contributed by atoms with Gasteiger partial charge in [-0.2, -0.15) is 0 Å². The molecule has 0 saturated heterocycles. The zero-order valence-corrected chi connectivity index (χ0v) is 14.5. The molecule has 0 aromatic heterocycles. The first-order valence-corrected chi connectivity index (χ1v) is 8.52. The molecule has 3 rings (SSSR count). The fourth-order valence-corrected chi connectivity index (χ4v) is 3.67. The van der Waals surface area contributed by atoms with Gasteiger partial charge in [0.05, 0.1) is 29.3 Å². The molecule has 25 heavy (non-hydrogen) atoms. The minimum atomic E-state index is -0.849. The lowest BCUT2D eigenvalue weighted by atomic mass is 9.65. The minimum absolute atomic E-state index is 0.0420. The van der Waals surface area contributed by atoms with E-state index in [0.717, 1.165) is 0 Å². The second kappa shape index (κ2) is 6.26. The van der Waals surface area contributed by atoms with Crippen molar-refractivity contribution in [2.24, 2.45) is 17.8 Å². The van der Waals surface area contributed by atoms with Crippen LogP contribution in [0.5, 0.6) is 11.5 Å². The number of Topliss-reactive ketones (excluding diaryl/α,β-unsaturated/α-hetero) is 3. The van der Waals surface area contributed by atoms with Gasteiger partial charge >= 0.3 is 0 Å². The Hall–Kier alpha value is -2.21. The Labute approximate surface area is 145 Å². The average Bonchev–Trinajstić information content (AvgIpc) is 2.54. The molecule has 0 unspecified atom stereocenters. The highest BCUT2D eigenvalue weighted by atomic mass is 16.5. The van der Waals surface area contributed by atoms with E-state index in [4.69, 9.17) is 4.74 Å². The number of benzene rings is 1. The van der Waals surface area contributed by atoms with Crippen LogP contribution in [0.3, 0.4) is 0 Å². The molecule has 6 heteroatoms. The van der Waals surface area contributed by atoms with Crippen LogP contribution in [0.4, 0.5) is 0 Å². The molecule has 0 bridgehead atoms. The summed E-state index contributed by atoms with van der Waals surface area (Å²) in [5, 5.41) is 20.1. The lowest BCUT2D eigenvalue weighted by Crippen LogP contribution is -2.50. The number of carbonyl (C=O) groups excluding carboxylic acids is 3. The molecular weight excluding hydrogens is 324 g/mol. The summed E-state index contributed by atoms with van der Waals surface area (Å²) in [6, 6.07) is 2.37. The van der Waals surface area contributed by atoms with Crippen molar-refractivity contribution in [2.45, 2.75) is 45.8 Å². The third-order valence-electron chi connectivity index (χ3n) is 5.33. The first-order chi connectivity index (χ1) is 11.7. The maximum Gasteiger partial charge on any atom is 0.173 e. The molecule has 0 spiro atoms. The predicted octanol–water partition coefficient (Wildman–Crippen LogP) is 2.50. The Morgan fingerprint density at radius 3 is 2.08 bits per heavy atom. The van der Waals surface area contributed by atoms with Gasteiger partial charge in [0.15, 0.2) is 11.6 Å². The number of rotatable bonds is 3. The summed E-state index contributed by atoms with van der Waals surface area (Å²) < 4.78 is 5.96. The highest BCUT2D eigenvalue weighted by Gasteiger charge is 2.51. The van der Waals surface area contributed by atoms with E-state index < -0.39 is 29.5 Å². The fraction of sp³-hybridized carbons (Fsp3) is 0.526. The number of ether oxygens (including phenoxy) is 1. The van der Waals surface area contributed by atoms with Crippen LogP contribution in [0.15, 0.2) is 12.1 Å². The number of phenolic OH excluding ortho intramolecular Hbond substituents is 2. The van der Waals surface area contributed by atoms with Crippen LogP contribution in [0.25, 0.3) is 0 Å². The number of carbonyl (C=O) groups is 3. The molecular formula is C19H22O6. The molecule has 0 amide bonds. The van der Waals surface area contributed by atoms with Crippen LogP contribution in [0, 0.1) is 17.8 Å². The normalized spacial score (nSPS) is 27.2. The largest absolute Gasteiger partial charge is 0.507 e. The zero-order chi connectivity index (χ0) is 18.5. The molecule has 1 fully saturated rings. The van der Waals surface area contributed by atoms with Crippen LogP contribution in [-0.4, -0.2) is 39.8 Å². The summed E-state index contributed by atoms with van der Waals surface area (Å²) in [6.07, 6.45) is -0.847. The number of aromatic hydroxyl groups is 2. The average molecular weight is 346 g/mol. The number of hydrogen-bond donors (Lipinski definition) is 2. The van der Waals surface area contributed by atoms with Crippen LogP contribution in [-0.2, 0) is 9.53 Å². The summed E-state index contributed by atoms with van der Waals surface area (Å²) in [4.78, 5) is 38.0. The van der Waals surface area contributed by atoms with Gasteiger partial charge in [-0.1, -0.05) is 13.8 Å². The van der Waals surface area contributed by atoms with E-state index in [1.165, 1.54) is 12.1 Å². The maximum atomic E-state index is 13.0. The summed E-state index contributed by atoms with van der Waals surface area (Å²) in [5.74, 6) is -3.22. The number of ketones is 3. The first-order valence-electron chi connectivity index (χ1n) is 8.52. The van der Waals surface area contributed by atoms with Crippen molar-refractivity contribution in [3.05, 3.63) is 23.3 Å². The quantitative estimate of drug-likeness (QED) is 0.816. The monoisotopic (exact) mass is 346 g/mol.